The van der Waals surface area contributed by atoms with Crippen molar-refractivity contribution in [1.82, 2.24) is 9.97 Å². The molecule has 0 bridgehead atoms. The van der Waals surface area contributed by atoms with Crippen molar-refractivity contribution in [1.29, 1.82) is 0 Å². The number of aromatic nitrogens is 2. The molecule has 0 saturated carbocycles. The molecular weight excluding hydrogens is 360 g/mol. The van der Waals surface area contributed by atoms with Crippen molar-refractivity contribution in [3.05, 3.63) is 75.6 Å². The van der Waals surface area contributed by atoms with Gasteiger partial charge in [0.15, 0.2) is 0 Å². The fraction of sp³-hybridized carbons (Fsp3) is 0.190. The van der Waals surface area contributed by atoms with E-state index >= 15 is 0 Å². The molecule has 0 atom stereocenters. The van der Waals surface area contributed by atoms with Crippen LogP contribution in [-0.2, 0) is 0 Å². The zero-order chi connectivity index (χ0) is 19.6. The molecule has 5 nitrogen and oxygen atoms in total. The molecule has 1 aromatic heterocycles. The maximum absolute atomic E-state index is 12.5. The third-order valence-corrected chi connectivity index (χ3v) is 4.52. The highest BCUT2D eigenvalue weighted by atomic mass is 35.5. The maximum Gasteiger partial charge on any atom is 0.258 e. The normalized spacial score (nSPS) is 10.6. The molecule has 3 aromatic rings. The van der Waals surface area contributed by atoms with Crippen LogP contribution in [0, 0.1) is 27.7 Å². The molecule has 0 aliphatic rings. The Balaban J connectivity index is 1.75. The molecule has 0 unspecified atom stereocenters. The Morgan fingerprint density at radius 1 is 0.926 bits per heavy atom. The van der Waals surface area contributed by atoms with Gasteiger partial charge >= 0.3 is 0 Å². The maximum atomic E-state index is 12.5. The number of benzene rings is 2. The van der Waals surface area contributed by atoms with Gasteiger partial charge in [0, 0.05) is 18.1 Å². The number of aryl methyl sites for hydroxylation is 4. The number of hydrogen-bond donors (Lipinski definition) is 2. The first-order valence-corrected chi connectivity index (χ1v) is 8.95. The van der Waals surface area contributed by atoms with Gasteiger partial charge in [-0.3, -0.25) is 4.79 Å². The summed E-state index contributed by atoms with van der Waals surface area (Å²) >= 11 is 6.25. The van der Waals surface area contributed by atoms with E-state index in [1.165, 1.54) is 12.4 Å². The summed E-state index contributed by atoms with van der Waals surface area (Å²) in [7, 11) is 0. The molecule has 1 amide bonds. The quantitative estimate of drug-likeness (QED) is 0.639. The second-order valence-corrected chi connectivity index (χ2v) is 7.04. The summed E-state index contributed by atoms with van der Waals surface area (Å²) in [4.78, 5) is 21.0. The fourth-order valence-electron chi connectivity index (χ4n) is 2.76. The molecule has 2 N–H and O–H groups in total. The number of hydrogen-bond acceptors (Lipinski definition) is 4. The number of carbonyl (C=O) groups excluding carboxylic acids is 1. The van der Waals surface area contributed by atoms with Crippen LogP contribution in [0.1, 0.15) is 32.6 Å². The third-order valence-electron chi connectivity index (χ3n) is 4.22. The van der Waals surface area contributed by atoms with Gasteiger partial charge < -0.3 is 10.6 Å². The second kappa shape index (κ2) is 7.76. The average Bonchev–Trinajstić information content (AvgIpc) is 2.61. The number of rotatable bonds is 4. The minimum Gasteiger partial charge on any atom is -0.324 e. The lowest BCUT2D eigenvalue weighted by molar-refractivity contribution is 0.102. The smallest absolute Gasteiger partial charge is 0.258 e. The number of nitrogens with zero attached hydrogens (tertiary/aromatic N) is 2. The van der Waals surface area contributed by atoms with E-state index in [4.69, 9.17) is 11.6 Å². The molecule has 0 aliphatic carbocycles. The summed E-state index contributed by atoms with van der Waals surface area (Å²) in [6, 6.07) is 9.90. The number of carbonyl (C=O) groups is 1. The number of anilines is 3. The lowest BCUT2D eigenvalue weighted by atomic mass is 10.1. The Hall–Kier alpha value is -2.92. The molecule has 0 radical (unpaired) electrons. The second-order valence-electron chi connectivity index (χ2n) is 6.63. The van der Waals surface area contributed by atoms with Gasteiger partial charge in [-0.15, -0.1) is 0 Å². The van der Waals surface area contributed by atoms with Gasteiger partial charge in [-0.2, -0.15) is 0 Å². The fourth-order valence-corrected chi connectivity index (χ4v) is 3.13. The predicted molar refractivity (Wildman–Crippen MR) is 110 cm³/mol. The highest BCUT2D eigenvalue weighted by molar-refractivity contribution is 6.34. The molecule has 6 heteroatoms. The zero-order valence-corrected chi connectivity index (χ0v) is 16.5. The summed E-state index contributed by atoms with van der Waals surface area (Å²) in [6.07, 6.45) is 2.99. The molecule has 2 aromatic carbocycles. The van der Waals surface area contributed by atoms with Crippen molar-refractivity contribution in [2.24, 2.45) is 0 Å². The SMILES string of the molecule is Cc1cc(C)c(NC(=O)c2cnc(Nc3cc(C)ccc3C)nc2)c(Cl)c1. The van der Waals surface area contributed by atoms with Crippen LogP contribution in [0.3, 0.4) is 0 Å². The number of amides is 1. The summed E-state index contributed by atoms with van der Waals surface area (Å²) in [5.74, 6) is 0.131. The summed E-state index contributed by atoms with van der Waals surface area (Å²) in [5.41, 5.74) is 6.08. The number of nitrogens with one attached hydrogen (secondary N) is 2. The largest absolute Gasteiger partial charge is 0.324 e. The zero-order valence-electron chi connectivity index (χ0n) is 15.7. The highest BCUT2D eigenvalue weighted by Gasteiger charge is 2.12. The molecule has 1 heterocycles. The predicted octanol–water partition coefficient (Wildman–Crippen LogP) is 5.36. The van der Waals surface area contributed by atoms with Gasteiger partial charge in [0.05, 0.1) is 16.3 Å². The Labute approximate surface area is 163 Å². The topological polar surface area (TPSA) is 66.9 Å². The van der Waals surface area contributed by atoms with Crippen molar-refractivity contribution in [2.75, 3.05) is 10.6 Å². The van der Waals surface area contributed by atoms with Crippen LogP contribution < -0.4 is 10.6 Å². The van der Waals surface area contributed by atoms with Crippen molar-refractivity contribution < 1.29 is 4.79 Å². The number of halogens is 1. The molecule has 138 valence electrons. The highest BCUT2D eigenvalue weighted by Crippen LogP contribution is 2.27. The summed E-state index contributed by atoms with van der Waals surface area (Å²) in [6.45, 7) is 7.90. The first kappa shape index (κ1) is 18.9. The first-order valence-electron chi connectivity index (χ1n) is 8.58. The third kappa shape index (κ3) is 4.44. The van der Waals surface area contributed by atoms with Gasteiger partial charge in [0.2, 0.25) is 5.95 Å². The van der Waals surface area contributed by atoms with Crippen LogP contribution in [0.15, 0.2) is 42.7 Å². The van der Waals surface area contributed by atoms with E-state index in [1.807, 2.05) is 58.0 Å². The van der Waals surface area contributed by atoms with Gasteiger partial charge in [-0.1, -0.05) is 29.8 Å². The van der Waals surface area contributed by atoms with E-state index in [-0.39, 0.29) is 5.91 Å². The first-order chi connectivity index (χ1) is 12.8. The minimum absolute atomic E-state index is 0.304. The average molecular weight is 381 g/mol. The Morgan fingerprint density at radius 3 is 2.30 bits per heavy atom. The van der Waals surface area contributed by atoms with Gasteiger partial charge in [-0.05, 0) is 62.1 Å². The Morgan fingerprint density at radius 2 is 1.63 bits per heavy atom. The van der Waals surface area contributed by atoms with Crippen molar-refractivity contribution in [3.63, 3.8) is 0 Å². The standard InChI is InChI=1S/C21H21ClN4O/c1-12-5-6-14(3)18(9-12)25-21-23-10-16(11-24-21)20(27)26-19-15(4)7-13(2)8-17(19)22/h5-11H,1-4H3,(H,26,27)(H,23,24,25). The molecule has 0 saturated heterocycles. The minimum atomic E-state index is -0.304. The monoisotopic (exact) mass is 380 g/mol. The lowest BCUT2D eigenvalue weighted by Gasteiger charge is -2.12. The van der Waals surface area contributed by atoms with Gasteiger partial charge in [-0.25, -0.2) is 9.97 Å². The van der Waals surface area contributed by atoms with E-state index in [9.17, 15) is 4.79 Å². The molecule has 3 rings (SSSR count). The van der Waals surface area contributed by atoms with Crippen LogP contribution >= 0.6 is 11.6 Å². The van der Waals surface area contributed by atoms with Crippen molar-refractivity contribution in [3.8, 4) is 0 Å². The van der Waals surface area contributed by atoms with Crippen LogP contribution in [0.25, 0.3) is 0 Å². The Bertz CT molecular complexity index is 977. The summed E-state index contributed by atoms with van der Waals surface area (Å²) < 4.78 is 0. The van der Waals surface area contributed by atoms with E-state index in [0.717, 1.165) is 27.9 Å². The van der Waals surface area contributed by atoms with Gasteiger partial charge in [0.25, 0.3) is 5.91 Å². The van der Waals surface area contributed by atoms with Crippen LogP contribution in [-0.4, -0.2) is 15.9 Å². The lowest BCUT2D eigenvalue weighted by Crippen LogP contribution is -2.14. The van der Waals surface area contributed by atoms with E-state index in [0.29, 0.717) is 22.2 Å². The molecule has 0 aliphatic heterocycles. The van der Waals surface area contributed by atoms with Gasteiger partial charge in [0.1, 0.15) is 0 Å². The Kier molecular flexibility index (Phi) is 5.42. The van der Waals surface area contributed by atoms with E-state index in [1.54, 1.807) is 0 Å². The summed E-state index contributed by atoms with van der Waals surface area (Å²) in [5, 5.41) is 6.52. The molecule has 27 heavy (non-hydrogen) atoms. The van der Waals surface area contributed by atoms with Crippen LogP contribution in [0.2, 0.25) is 5.02 Å². The molecule has 0 spiro atoms. The van der Waals surface area contributed by atoms with Crippen LogP contribution in [0.4, 0.5) is 17.3 Å². The van der Waals surface area contributed by atoms with E-state index in [2.05, 4.69) is 20.6 Å². The molecular formula is C21H21ClN4O. The molecule has 0 fully saturated rings. The van der Waals surface area contributed by atoms with E-state index < -0.39 is 0 Å². The van der Waals surface area contributed by atoms with Crippen molar-refractivity contribution >= 4 is 34.8 Å². The van der Waals surface area contributed by atoms with Crippen LogP contribution in [0.5, 0.6) is 0 Å². The van der Waals surface area contributed by atoms with Crippen molar-refractivity contribution in [2.45, 2.75) is 27.7 Å².